The lowest BCUT2D eigenvalue weighted by Crippen LogP contribution is -2.52. The zero-order chi connectivity index (χ0) is 21.5. The van der Waals surface area contributed by atoms with Crippen LogP contribution in [0.25, 0.3) is 0 Å². The third kappa shape index (κ3) is 6.79. The summed E-state index contributed by atoms with van der Waals surface area (Å²) in [5.41, 5.74) is 2.64. The van der Waals surface area contributed by atoms with E-state index in [1.54, 1.807) is 0 Å². The minimum atomic E-state index is 0. The summed E-state index contributed by atoms with van der Waals surface area (Å²) >= 11 is 0. The summed E-state index contributed by atoms with van der Waals surface area (Å²) < 4.78 is 5.66. The molecule has 1 N–H and O–H groups in total. The molecule has 2 fully saturated rings. The molecule has 2 aliphatic rings. The highest BCUT2D eigenvalue weighted by Gasteiger charge is 2.20. The number of hydrogen-bond acceptors (Lipinski definition) is 5. The van der Waals surface area contributed by atoms with Crippen molar-refractivity contribution in [2.24, 2.45) is 4.99 Å². The molecule has 2 saturated heterocycles. The van der Waals surface area contributed by atoms with Gasteiger partial charge in [-0.2, -0.15) is 0 Å². The zero-order valence-corrected chi connectivity index (χ0v) is 21.4. The highest BCUT2D eigenvalue weighted by Crippen LogP contribution is 2.14. The van der Waals surface area contributed by atoms with Crippen LogP contribution in [0.2, 0.25) is 0 Å². The standard InChI is InChI=1S/C24H34N6O.HI/c1-20-18-28(14-15-31-20)19-22-7-5-6-21(16-22)17-27-24(25-2)30-12-10-29(11-13-30)23-8-3-4-9-26-23;/h3-9,16,20H,10-15,17-19H2,1-2H3,(H,25,27);1H. The van der Waals surface area contributed by atoms with E-state index in [2.05, 4.69) is 67.2 Å². The Morgan fingerprint density at radius 3 is 2.62 bits per heavy atom. The van der Waals surface area contributed by atoms with Crippen molar-refractivity contribution in [3.05, 3.63) is 59.8 Å². The normalized spacial score (nSPS) is 20.1. The fraction of sp³-hybridized carbons (Fsp3) is 0.500. The van der Waals surface area contributed by atoms with Crippen molar-refractivity contribution in [1.82, 2.24) is 20.1 Å². The number of halogens is 1. The average Bonchev–Trinajstić information content (AvgIpc) is 2.81. The van der Waals surface area contributed by atoms with Gasteiger partial charge in [0.05, 0.1) is 12.7 Å². The summed E-state index contributed by atoms with van der Waals surface area (Å²) in [6, 6.07) is 14.9. The topological polar surface area (TPSA) is 56.2 Å². The van der Waals surface area contributed by atoms with Crippen LogP contribution in [0.5, 0.6) is 0 Å². The molecule has 7 nitrogen and oxygen atoms in total. The number of ether oxygens (including phenoxy) is 1. The van der Waals surface area contributed by atoms with E-state index in [1.807, 2.05) is 25.4 Å². The Morgan fingerprint density at radius 2 is 1.91 bits per heavy atom. The van der Waals surface area contributed by atoms with Crippen LogP contribution in [0.15, 0.2) is 53.7 Å². The molecule has 0 amide bonds. The van der Waals surface area contributed by atoms with E-state index < -0.39 is 0 Å². The largest absolute Gasteiger partial charge is 0.376 e. The van der Waals surface area contributed by atoms with Gasteiger partial charge < -0.3 is 19.9 Å². The Kier molecular flexibility index (Phi) is 9.55. The van der Waals surface area contributed by atoms with Crippen molar-refractivity contribution < 1.29 is 4.74 Å². The van der Waals surface area contributed by atoms with Gasteiger partial charge in [-0.3, -0.25) is 9.89 Å². The second-order valence-electron chi connectivity index (χ2n) is 8.30. The maximum atomic E-state index is 5.66. The van der Waals surface area contributed by atoms with Crippen LogP contribution in [0.1, 0.15) is 18.1 Å². The van der Waals surface area contributed by atoms with Crippen molar-refractivity contribution in [2.45, 2.75) is 26.1 Å². The molecule has 174 valence electrons. The third-order valence-corrected chi connectivity index (χ3v) is 5.94. The predicted octanol–water partition coefficient (Wildman–Crippen LogP) is 2.82. The first kappa shape index (κ1) is 24.7. The number of anilines is 1. The molecule has 2 aliphatic heterocycles. The number of morpholine rings is 1. The molecule has 32 heavy (non-hydrogen) atoms. The Bertz CT molecular complexity index is 857. The maximum absolute atomic E-state index is 5.66. The van der Waals surface area contributed by atoms with Crippen molar-refractivity contribution in [3.63, 3.8) is 0 Å². The molecule has 0 aliphatic carbocycles. The highest BCUT2D eigenvalue weighted by atomic mass is 127. The summed E-state index contributed by atoms with van der Waals surface area (Å²) in [5, 5.41) is 3.56. The van der Waals surface area contributed by atoms with Crippen molar-refractivity contribution in [3.8, 4) is 0 Å². The monoisotopic (exact) mass is 550 g/mol. The van der Waals surface area contributed by atoms with Crippen LogP contribution in [0.3, 0.4) is 0 Å². The summed E-state index contributed by atoms with van der Waals surface area (Å²) in [4.78, 5) is 16.1. The van der Waals surface area contributed by atoms with Crippen LogP contribution in [-0.4, -0.2) is 79.8 Å². The number of guanidine groups is 1. The molecule has 1 aromatic carbocycles. The highest BCUT2D eigenvalue weighted by molar-refractivity contribution is 14.0. The Hall–Kier alpha value is -1.91. The third-order valence-electron chi connectivity index (χ3n) is 5.94. The van der Waals surface area contributed by atoms with Gasteiger partial charge >= 0.3 is 0 Å². The van der Waals surface area contributed by atoms with Crippen molar-refractivity contribution in [2.75, 3.05) is 57.8 Å². The van der Waals surface area contributed by atoms with Gasteiger partial charge in [-0.25, -0.2) is 4.98 Å². The lowest BCUT2D eigenvalue weighted by Gasteiger charge is -2.37. The molecule has 8 heteroatoms. The minimum absolute atomic E-state index is 0. The SMILES string of the molecule is CN=C(NCc1cccc(CN2CCOC(C)C2)c1)N1CCN(c2ccccn2)CC1.I. The molecular weight excluding hydrogens is 515 g/mol. The summed E-state index contributed by atoms with van der Waals surface area (Å²) in [6.45, 7) is 10.5. The fourth-order valence-corrected chi connectivity index (χ4v) is 4.33. The Labute approximate surface area is 208 Å². The molecule has 0 saturated carbocycles. The van der Waals surface area contributed by atoms with Crippen molar-refractivity contribution in [1.29, 1.82) is 0 Å². The van der Waals surface area contributed by atoms with Gasteiger partial charge in [0.15, 0.2) is 5.96 Å². The number of hydrogen-bond donors (Lipinski definition) is 1. The van der Waals surface area contributed by atoms with E-state index in [1.165, 1.54) is 11.1 Å². The number of aromatic nitrogens is 1. The number of benzene rings is 1. The van der Waals surface area contributed by atoms with Gasteiger partial charge in [-0.05, 0) is 30.2 Å². The smallest absolute Gasteiger partial charge is 0.194 e. The first-order chi connectivity index (χ1) is 15.2. The summed E-state index contributed by atoms with van der Waals surface area (Å²) in [5.74, 6) is 2.02. The number of rotatable bonds is 5. The van der Waals surface area contributed by atoms with E-state index in [-0.39, 0.29) is 24.0 Å². The fourth-order valence-electron chi connectivity index (χ4n) is 4.33. The molecule has 0 radical (unpaired) electrons. The molecule has 2 aromatic rings. The number of piperazine rings is 1. The molecule has 1 aromatic heterocycles. The molecular formula is C24H35IN6O. The van der Waals surface area contributed by atoms with Gasteiger partial charge in [0, 0.05) is 65.6 Å². The van der Waals surface area contributed by atoms with Crippen LogP contribution < -0.4 is 10.2 Å². The van der Waals surface area contributed by atoms with Crippen LogP contribution in [0, 0.1) is 0 Å². The number of pyridine rings is 1. The van der Waals surface area contributed by atoms with Gasteiger partial charge in [0.2, 0.25) is 0 Å². The summed E-state index contributed by atoms with van der Waals surface area (Å²) in [7, 11) is 1.86. The molecule has 0 spiro atoms. The van der Waals surface area contributed by atoms with Crippen molar-refractivity contribution >= 4 is 35.8 Å². The Balaban J connectivity index is 0.00000289. The molecule has 3 heterocycles. The van der Waals surface area contributed by atoms with E-state index in [9.17, 15) is 0 Å². The molecule has 4 rings (SSSR count). The Morgan fingerprint density at radius 1 is 1.09 bits per heavy atom. The quantitative estimate of drug-likeness (QED) is 0.351. The van der Waals surface area contributed by atoms with Crippen LogP contribution in [-0.2, 0) is 17.8 Å². The first-order valence-electron chi connectivity index (χ1n) is 11.2. The second-order valence-corrected chi connectivity index (χ2v) is 8.30. The van der Waals surface area contributed by atoms with Gasteiger partial charge in [0.25, 0.3) is 0 Å². The predicted molar refractivity (Wildman–Crippen MR) is 141 cm³/mol. The zero-order valence-electron chi connectivity index (χ0n) is 19.1. The lowest BCUT2D eigenvalue weighted by molar-refractivity contribution is -0.0212. The molecule has 0 bridgehead atoms. The molecule has 1 unspecified atom stereocenters. The summed E-state index contributed by atoms with van der Waals surface area (Å²) in [6.07, 6.45) is 2.18. The van der Waals surface area contributed by atoms with Crippen LogP contribution >= 0.6 is 24.0 Å². The second kappa shape index (κ2) is 12.4. The van der Waals surface area contributed by atoms with E-state index in [0.717, 1.165) is 70.7 Å². The first-order valence-corrected chi connectivity index (χ1v) is 11.2. The lowest BCUT2D eigenvalue weighted by atomic mass is 10.1. The minimum Gasteiger partial charge on any atom is -0.376 e. The molecule has 1 atom stereocenters. The maximum Gasteiger partial charge on any atom is 0.194 e. The number of nitrogens with zero attached hydrogens (tertiary/aromatic N) is 5. The van der Waals surface area contributed by atoms with E-state index in [4.69, 9.17) is 4.74 Å². The van der Waals surface area contributed by atoms with Gasteiger partial charge in [0.1, 0.15) is 5.82 Å². The number of nitrogens with one attached hydrogen (secondary N) is 1. The van der Waals surface area contributed by atoms with Crippen LogP contribution in [0.4, 0.5) is 5.82 Å². The van der Waals surface area contributed by atoms with E-state index >= 15 is 0 Å². The van der Waals surface area contributed by atoms with Gasteiger partial charge in [-0.1, -0.05) is 30.3 Å². The number of aliphatic imine (C=N–C) groups is 1. The van der Waals surface area contributed by atoms with Gasteiger partial charge in [-0.15, -0.1) is 24.0 Å². The average molecular weight is 550 g/mol. The van der Waals surface area contributed by atoms with E-state index in [0.29, 0.717) is 6.10 Å².